The van der Waals surface area contributed by atoms with Crippen molar-refractivity contribution in [3.8, 4) is 0 Å². The first-order valence-electron chi connectivity index (χ1n) is 12.7. The van der Waals surface area contributed by atoms with Crippen LogP contribution in [0.2, 0.25) is 0 Å². The number of ether oxygens (including phenoxy) is 4. The van der Waals surface area contributed by atoms with Gasteiger partial charge < -0.3 is 34.5 Å². The fourth-order valence-corrected chi connectivity index (χ4v) is 4.95. The lowest BCUT2D eigenvalue weighted by Gasteiger charge is -2.40. The van der Waals surface area contributed by atoms with Gasteiger partial charge in [-0.1, -0.05) is 30.7 Å². The Balaban J connectivity index is 1.49. The van der Waals surface area contributed by atoms with E-state index >= 15 is 0 Å². The maximum Gasteiger partial charge on any atom is 0.303 e. The highest BCUT2D eigenvalue weighted by Gasteiger charge is 2.61. The van der Waals surface area contributed by atoms with Gasteiger partial charge in [0.25, 0.3) is 0 Å². The largest absolute Gasteiger partial charge is 0.459 e. The van der Waals surface area contributed by atoms with Crippen molar-refractivity contribution in [3.63, 3.8) is 0 Å². The van der Waals surface area contributed by atoms with Gasteiger partial charge in [-0.15, -0.1) is 0 Å². The first-order valence-corrected chi connectivity index (χ1v) is 12.7. The summed E-state index contributed by atoms with van der Waals surface area (Å²) in [4.78, 5) is 23.3. The molecule has 202 valence electrons. The zero-order valence-corrected chi connectivity index (χ0v) is 22.1. The van der Waals surface area contributed by atoms with Crippen molar-refractivity contribution >= 4 is 11.9 Å². The van der Waals surface area contributed by atoms with Crippen molar-refractivity contribution in [1.29, 1.82) is 0 Å². The maximum absolute atomic E-state index is 12.3. The second-order valence-electron chi connectivity index (χ2n) is 10.7. The van der Waals surface area contributed by atoms with Crippen molar-refractivity contribution in [1.82, 2.24) is 5.32 Å². The molecular weight excluding hydrogens is 466 g/mol. The lowest BCUT2D eigenvalue weighted by atomic mass is 9.87. The second-order valence-corrected chi connectivity index (χ2v) is 10.7. The smallest absolute Gasteiger partial charge is 0.303 e. The van der Waals surface area contributed by atoms with E-state index in [0.717, 1.165) is 12.0 Å². The number of rotatable bonds is 8. The Morgan fingerprint density at radius 1 is 1.25 bits per heavy atom. The fraction of sp³-hybridized carbons (Fsp3) is 0.704. The van der Waals surface area contributed by atoms with E-state index in [-0.39, 0.29) is 36.5 Å². The average Bonchev–Trinajstić information content (AvgIpc) is 3.54. The van der Waals surface area contributed by atoms with Crippen molar-refractivity contribution in [2.45, 2.75) is 109 Å². The predicted octanol–water partition coefficient (Wildman–Crippen LogP) is 2.31. The van der Waals surface area contributed by atoms with Gasteiger partial charge in [-0.2, -0.15) is 0 Å². The van der Waals surface area contributed by atoms with Gasteiger partial charge in [0.15, 0.2) is 5.79 Å². The molecular formula is C27H41NO8. The van der Waals surface area contributed by atoms with Crippen LogP contribution in [0.4, 0.5) is 0 Å². The van der Waals surface area contributed by atoms with E-state index in [0.29, 0.717) is 13.0 Å². The third kappa shape index (κ3) is 7.73. The Labute approximate surface area is 213 Å². The van der Waals surface area contributed by atoms with Crippen LogP contribution in [0.3, 0.4) is 0 Å². The van der Waals surface area contributed by atoms with Crippen LogP contribution in [-0.4, -0.2) is 76.6 Å². The Hall–Kier alpha value is -2.04. The zero-order valence-electron chi connectivity index (χ0n) is 22.1. The number of aliphatic hydroxyl groups is 2. The van der Waals surface area contributed by atoms with E-state index in [1.165, 1.54) is 13.0 Å². The highest BCUT2D eigenvalue weighted by Crippen LogP contribution is 2.45. The topological polar surface area (TPSA) is 127 Å². The minimum Gasteiger partial charge on any atom is -0.459 e. The third-order valence-electron chi connectivity index (χ3n) is 7.02. The Kier molecular flexibility index (Phi) is 9.16. The van der Waals surface area contributed by atoms with Gasteiger partial charge in [-0.25, -0.2) is 0 Å². The molecule has 0 aromatic carbocycles. The summed E-state index contributed by atoms with van der Waals surface area (Å²) in [6, 6.07) is -0.114. The molecule has 3 heterocycles. The van der Waals surface area contributed by atoms with Gasteiger partial charge in [0, 0.05) is 19.4 Å². The summed E-state index contributed by atoms with van der Waals surface area (Å²) in [6.07, 6.45) is 8.33. The molecule has 3 saturated heterocycles. The van der Waals surface area contributed by atoms with E-state index < -0.39 is 35.7 Å². The minimum absolute atomic E-state index is 0.0106. The van der Waals surface area contributed by atoms with Crippen molar-refractivity contribution in [2.75, 3.05) is 6.61 Å². The van der Waals surface area contributed by atoms with Gasteiger partial charge in [0.1, 0.15) is 23.9 Å². The summed E-state index contributed by atoms with van der Waals surface area (Å²) in [5.41, 5.74) is 0.283. The average molecular weight is 508 g/mol. The molecule has 3 aliphatic rings. The molecule has 1 spiro atoms. The second kappa shape index (κ2) is 11.6. The van der Waals surface area contributed by atoms with Gasteiger partial charge in [-0.3, -0.25) is 9.59 Å². The number of aliphatic hydroxyl groups excluding tert-OH is 1. The standard InChI is InChI=1S/C27H41NO8/c1-16(8-11-23-25(31)27(15-33-27)14-26(6,32)36-23)7-10-22-17(2)13-21(19(4)35-22)28-24(30)12-9-18(3)34-20(5)29/h7-9,11-12,17-19,21-23,25,31-32H,10,13-15H2,1-6H3,(H,28,30)/b11-8+,12-9-,16-7-/t17-,18-,19+,21+,22-,23+,25+,26-,27+/m0/s1. The van der Waals surface area contributed by atoms with Crippen LogP contribution in [0.15, 0.2) is 36.0 Å². The summed E-state index contributed by atoms with van der Waals surface area (Å²) >= 11 is 0. The fourth-order valence-electron chi connectivity index (χ4n) is 4.95. The van der Waals surface area contributed by atoms with Crippen LogP contribution < -0.4 is 5.32 Å². The van der Waals surface area contributed by atoms with Gasteiger partial charge in [0.2, 0.25) is 5.91 Å². The minimum atomic E-state index is -1.34. The molecule has 36 heavy (non-hydrogen) atoms. The van der Waals surface area contributed by atoms with Gasteiger partial charge >= 0.3 is 5.97 Å². The normalized spacial score (nSPS) is 39.9. The number of nitrogens with one attached hydrogen (secondary N) is 1. The predicted molar refractivity (Wildman–Crippen MR) is 133 cm³/mol. The van der Waals surface area contributed by atoms with Crippen LogP contribution in [0.5, 0.6) is 0 Å². The summed E-state index contributed by atoms with van der Waals surface area (Å²) in [5, 5.41) is 23.9. The molecule has 9 nitrogen and oxygen atoms in total. The van der Waals surface area contributed by atoms with E-state index in [2.05, 4.69) is 18.3 Å². The summed E-state index contributed by atoms with van der Waals surface area (Å²) in [5.74, 6) is -1.75. The molecule has 0 bridgehead atoms. The Morgan fingerprint density at radius 2 is 1.94 bits per heavy atom. The lowest BCUT2D eigenvalue weighted by molar-refractivity contribution is -0.272. The van der Waals surface area contributed by atoms with Crippen LogP contribution in [0.25, 0.3) is 0 Å². The molecule has 0 aromatic heterocycles. The summed E-state index contributed by atoms with van der Waals surface area (Å²) in [7, 11) is 0. The maximum atomic E-state index is 12.3. The van der Waals surface area contributed by atoms with Crippen molar-refractivity contribution < 1.29 is 38.7 Å². The van der Waals surface area contributed by atoms with Gasteiger partial charge in [0.05, 0.1) is 24.9 Å². The first kappa shape index (κ1) is 28.5. The van der Waals surface area contributed by atoms with E-state index in [4.69, 9.17) is 18.9 Å². The quantitative estimate of drug-likeness (QED) is 0.198. The van der Waals surface area contributed by atoms with E-state index in [1.54, 1.807) is 26.0 Å². The Bertz CT molecular complexity index is 890. The molecule has 0 radical (unpaired) electrons. The number of esters is 1. The Morgan fingerprint density at radius 3 is 2.58 bits per heavy atom. The number of carbonyl (C=O) groups excluding carboxylic acids is 2. The highest BCUT2D eigenvalue weighted by molar-refractivity contribution is 5.87. The lowest BCUT2D eigenvalue weighted by Crippen LogP contribution is -2.54. The number of hydrogen-bond donors (Lipinski definition) is 3. The molecule has 0 aliphatic carbocycles. The van der Waals surface area contributed by atoms with Crippen LogP contribution in [-0.2, 0) is 28.5 Å². The van der Waals surface area contributed by atoms with Gasteiger partial charge in [-0.05, 0) is 52.5 Å². The molecule has 0 unspecified atom stereocenters. The molecule has 0 saturated carbocycles. The van der Waals surface area contributed by atoms with E-state index in [1.807, 2.05) is 19.9 Å². The monoisotopic (exact) mass is 507 g/mol. The summed E-state index contributed by atoms with van der Waals surface area (Å²) in [6.45, 7) is 11.1. The number of carbonyl (C=O) groups is 2. The molecule has 3 aliphatic heterocycles. The molecule has 3 rings (SSSR count). The number of epoxide rings is 1. The van der Waals surface area contributed by atoms with Crippen LogP contribution in [0, 0.1) is 5.92 Å². The number of hydrogen-bond acceptors (Lipinski definition) is 8. The zero-order chi connectivity index (χ0) is 26.7. The molecule has 3 fully saturated rings. The molecule has 1 amide bonds. The SMILES string of the molecule is CC(=O)O[C@@H](C)/C=C\C(=O)N[C@@H]1C[C@H](C)[C@H](C/C=C(C)\C=C\[C@H]2O[C@](C)(O)C[C@@]3(CO3)[C@@H]2O)O[C@@H]1C. The van der Waals surface area contributed by atoms with Crippen molar-refractivity contribution in [2.24, 2.45) is 5.92 Å². The van der Waals surface area contributed by atoms with E-state index in [9.17, 15) is 19.8 Å². The molecule has 0 aromatic rings. The van der Waals surface area contributed by atoms with Crippen LogP contribution in [0.1, 0.15) is 60.8 Å². The first-order chi connectivity index (χ1) is 16.8. The molecule has 3 N–H and O–H groups in total. The summed E-state index contributed by atoms with van der Waals surface area (Å²) < 4.78 is 22.3. The highest BCUT2D eigenvalue weighted by atomic mass is 16.7. The molecule has 9 heteroatoms. The third-order valence-corrected chi connectivity index (χ3v) is 7.02. The van der Waals surface area contributed by atoms with Crippen molar-refractivity contribution in [3.05, 3.63) is 36.0 Å². The molecule has 9 atom stereocenters. The number of allylic oxidation sites excluding steroid dienone is 2. The number of amides is 1. The van der Waals surface area contributed by atoms with Crippen LogP contribution >= 0.6 is 0 Å².